The van der Waals surface area contributed by atoms with Crippen molar-refractivity contribution in [1.29, 1.82) is 0 Å². The summed E-state index contributed by atoms with van der Waals surface area (Å²) in [6.07, 6.45) is -7.36. The second-order valence-electron chi connectivity index (χ2n) is 6.48. The van der Waals surface area contributed by atoms with Crippen LogP contribution >= 0.6 is 0 Å². The van der Waals surface area contributed by atoms with Crippen LogP contribution in [-0.4, -0.2) is 58.9 Å². The number of fused-ring (bicyclic) bond motifs is 1. The SMILES string of the molecule is NCCCC[C@@](N)(C(N)=O)[C@@]12C(OC(=O)O)[C@@H](F)C[C@H]1[C@@H]2OC(=O)O. The molecule has 1 amide bonds. The number of carbonyl (C=O) groups excluding carboxylic acids is 1. The average Bonchev–Trinajstić information content (AvgIpc) is 2.99. The Bertz CT molecular complexity index is 577. The summed E-state index contributed by atoms with van der Waals surface area (Å²) in [7, 11) is 0. The topological polar surface area (TPSA) is 188 Å². The van der Waals surface area contributed by atoms with Gasteiger partial charge in [-0.1, -0.05) is 0 Å². The third-order valence-electron chi connectivity index (χ3n) is 5.31. The van der Waals surface area contributed by atoms with Gasteiger partial charge < -0.3 is 36.9 Å². The molecule has 0 aliphatic heterocycles. The van der Waals surface area contributed by atoms with Crippen molar-refractivity contribution in [2.45, 2.75) is 49.6 Å². The molecule has 10 nitrogen and oxygen atoms in total. The molecule has 1 unspecified atom stereocenters. The number of primary amides is 1. The normalized spacial score (nSPS) is 35.3. The van der Waals surface area contributed by atoms with Gasteiger partial charge in [0, 0.05) is 5.92 Å². The summed E-state index contributed by atoms with van der Waals surface area (Å²) in [6, 6.07) is 0. The van der Waals surface area contributed by atoms with Crippen LogP contribution in [-0.2, 0) is 14.3 Å². The zero-order valence-corrected chi connectivity index (χ0v) is 13.4. The molecule has 0 bridgehead atoms. The monoisotopic (exact) mass is 363 g/mol. The van der Waals surface area contributed by atoms with Gasteiger partial charge >= 0.3 is 12.3 Å². The number of nitrogens with two attached hydrogens (primary N) is 3. The quantitative estimate of drug-likeness (QED) is 0.287. The first-order chi connectivity index (χ1) is 11.6. The van der Waals surface area contributed by atoms with E-state index in [0.717, 1.165) is 0 Å². The number of rotatable bonds is 8. The van der Waals surface area contributed by atoms with Gasteiger partial charge in [0.15, 0.2) is 0 Å². The van der Waals surface area contributed by atoms with Crippen molar-refractivity contribution in [2.75, 3.05) is 6.54 Å². The molecule has 0 aromatic heterocycles. The summed E-state index contributed by atoms with van der Waals surface area (Å²) in [5, 5.41) is 17.8. The largest absolute Gasteiger partial charge is 0.506 e. The molecule has 2 fully saturated rings. The molecule has 11 heteroatoms. The van der Waals surface area contributed by atoms with Crippen LogP contribution in [0.4, 0.5) is 14.0 Å². The van der Waals surface area contributed by atoms with Crippen molar-refractivity contribution >= 4 is 18.2 Å². The Morgan fingerprint density at radius 2 is 1.72 bits per heavy atom. The Hall–Kier alpha value is -2.14. The van der Waals surface area contributed by atoms with Crippen molar-refractivity contribution in [2.24, 2.45) is 28.5 Å². The highest BCUT2D eigenvalue weighted by Gasteiger charge is 2.86. The van der Waals surface area contributed by atoms with Gasteiger partial charge in [-0.15, -0.1) is 0 Å². The van der Waals surface area contributed by atoms with Gasteiger partial charge in [-0.25, -0.2) is 14.0 Å². The number of hydrogen-bond donors (Lipinski definition) is 5. The van der Waals surface area contributed by atoms with Crippen LogP contribution in [0.15, 0.2) is 0 Å². The van der Waals surface area contributed by atoms with E-state index in [1.54, 1.807) is 0 Å². The van der Waals surface area contributed by atoms with E-state index in [1.807, 2.05) is 0 Å². The number of ether oxygens (including phenoxy) is 2. The molecule has 2 aliphatic carbocycles. The van der Waals surface area contributed by atoms with Crippen LogP contribution in [0.3, 0.4) is 0 Å². The van der Waals surface area contributed by atoms with E-state index < -0.39 is 53.5 Å². The highest BCUT2D eigenvalue weighted by molar-refractivity contribution is 5.87. The van der Waals surface area contributed by atoms with Gasteiger partial charge in [-0.2, -0.15) is 0 Å². The van der Waals surface area contributed by atoms with Crippen LogP contribution in [0.2, 0.25) is 0 Å². The van der Waals surface area contributed by atoms with Gasteiger partial charge in [0.2, 0.25) is 5.91 Å². The van der Waals surface area contributed by atoms with E-state index in [0.29, 0.717) is 19.4 Å². The van der Waals surface area contributed by atoms with Crippen molar-refractivity contribution in [3.63, 3.8) is 0 Å². The minimum atomic E-state index is -1.89. The van der Waals surface area contributed by atoms with Gasteiger partial charge in [0.25, 0.3) is 0 Å². The zero-order chi connectivity index (χ0) is 19.0. The Balaban J connectivity index is 2.44. The molecular weight excluding hydrogens is 341 g/mol. The maximum atomic E-state index is 14.3. The fraction of sp³-hybridized carbons (Fsp3) is 0.786. The highest BCUT2D eigenvalue weighted by Crippen LogP contribution is 2.71. The predicted octanol–water partition coefficient (Wildman–Crippen LogP) is -0.217. The fourth-order valence-corrected chi connectivity index (χ4v) is 4.31. The Morgan fingerprint density at radius 3 is 2.20 bits per heavy atom. The van der Waals surface area contributed by atoms with Crippen molar-refractivity contribution in [3.05, 3.63) is 0 Å². The summed E-state index contributed by atoms with van der Waals surface area (Å²) >= 11 is 0. The number of amides is 1. The Kier molecular flexibility index (Phi) is 5.09. The van der Waals surface area contributed by atoms with Crippen LogP contribution < -0.4 is 17.2 Å². The first-order valence-corrected chi connectivity index (χ1v) is 7.85. The minimum Gasteiger partial charge on any atom is -0.450 e. The van der Waals surface area contributed by atoms with Crippen LogP contribution in [0.25, 0.3) is 0 Å². The summed E-state index contributed by atoms with van der Waals surface area (Å²) in [4.78, 5) is 34.1. The fourth-order valence-electron chi connectivity index (χ4n) is 4.31. The second kappa shape index (κ2) is 6.64. The molecule has 6 atom stereocenters. The number of unbranched alkanes of at least 4 members (excludes halogenated alkanes) is 1. The lowest BCUT2D eigenvalue weighted by atomic mass is 9.73. The van der Waals surface area contributed by atoms with E-state index in [1.165, 1.54) is 0 Å². The maximum Gasteiger partial charge on any atom is 0.506 e. The minimum absolute atomic E-state index is 0.0261. The Morgan fingerprint density at radius 1 is 1.16 bits per heavy atom. The average molecular weight is 363 g/mol. The summed E-state index contributed by atoms with van der Waals surface area (Å²) in [5.41, 5.74) is 13.5. The molecule has 2 aliphatic rings. The third kappa shape index (κ3) is 2.86. The van der Waals surface area contributed by atoms with Crippen molar-refractivity contribution in [3.8, 4) is 0 Å². The molecule has 2 saturated carbocycles. The van der Waals surface area contributed by atoms with Gasteiger partial charge in [-0.05, 0) is 32.2 Å². The third-order valence-corrected chi connectivity index (χ3v) is 5.31. The molecule has 2 rings (SSSR count). The van der Waals surface area contributed by atoms with Gasteiger partial charge in [0.05, 0.1) is 5.41 Å². The number of alkyl halides is 1. The first-order valence-electron chi connectivity index (χ1n) is 7.85. The van der Waals surface area contributed by atoms with Crippen LogP contribution in [0.5, 0.6) is 0 Å². The zero-order valence-electron chi connectivity index (χ0n) is 13.4. The molecule has 0 saturated heterocycles. The maximum absolute atomic E-state index is 14.3. The van der Waals surface area contributed by atoms with Crippen LogP contribution in [0.1, 0.15) is 25.7 Å². The molecule has 0 heterocycles. The summed E-state index contributed by atoms with van der Waals surface area (Å²) in [5.74, 6) is -1.79. The number of carbonyl (C=O) groups is 3. The molecule has 0 radical (unpaired) electrons. The van der Waals surface area contributed by atoms with E-state index >= 15 is 0 Å². The lowest BCUT2D eigenvalue weighted by Gasteiger charge is -2.39. The number of hydrogen-bond acceptors (Lipinski definition) is 7. The predicted molar refractivity (Wildman–Crippen MR) is 80.2 cm³/mol. The molecule has 142 valence electrons. The van der Waals surface area contributed by atoms with E-state index in [-0.39, 0.29) is 12.8 Å². The summed E-state index contributed by atoms with van der Waals surface area (Å²) in [6.45, 7) is 0.321. The summed E-state index contributed by atoms with van der Waals surface area (Å²) < 4.78 is 23.8. The number of carboxylic acid groups (broad SMARTS) is 2. The van der Waals surface area contributed by atoms with E-state index in [2.05, 4.69) is 4.74 Å². The van der Waals surface area contributed by atoms with Crippen molar-refractivity contribution < 1.29 is 38.5 Å². The molecular formula is C14H22FN3O7. The van der Waals surface area contributed by atoms with E-state index in [9.17, 15) is 18.8 Å². The molecule has 25 heavy (non-hydrogen) atoms. The molecule has 0 spiro atoms. The second-order valence-corrected chi connectivity index (χ2v) is 6.48. The number of halogens is 1. The van der Waals surface area contributed by atoms with Gasteiger partial charge in [-0.3, -0.25) is 4.79 Å². The van der Waals surface area contributed by atoms with Gasteiger partial charge in [0.1, 0.15) is 23.9 Å². The smallest absolute Gasteiger partial charge is 0.450 e. The lowest BCUT2D eigenvalue weighted by molar-refractivity contribution is -0.132. The Labute approximate surface area is 142 Å². The lowest BCUT2D eigenvalue weighted by Crippen LogP contribution is -2.64. The van der Waals surface area contributed by atoms with Crippen molar-refractivity contribution in [1.82, 2.24) is 0 Å². The molecule has 0 aromatic rings. The molecule has 0 aromatic carbocycles. The standard InChI is InChI=1S/C14H22FN3O7/c15-7-5-6-8(24-11(20)21)14(6,9(7)25-12(22)23)13(18,10(17)19)3-1-2-4-16/h6-9H,1-5,16,18H2,(H2,17,19)(H,20,21)(H,22,23)/t6-,7-,8-,9?,13+,14-/m0/s1. The van der Waals surface area contributed by atoms with E-state index in [4.69, 9.17) is 32.2 Å². The molecule has 8 N–H and O–H groups in total. The van der Waals surface area contributed by atoms with Crippen LogP contribution in [0, 0.1) is 11.3 Å². The first kappa shape index (κ1) is 19.2. The highest BCUT2D eigenvalue weighted by atomic mass is 19.1.